The van der Waals surface area contributed by atoms with Crippen molar-refractivity contribution in [3.63, 3.8) is 0 Å². The van der Waals surface area contributed by atoms with Crippen LogP contribution in [0.25, 0.3) is 0 Å². The van der Waals surface area contributed by atoms with Crippen molar-refractivity contribution in [1.82, 2.24) is 0 Å². The number of nitrogens with zero attached hydrogens (tertiary/aromatic N) is 1. The summed E-state index contributed by atoms with van der Waals surface area (Å²) in [6.07, 6.45) is 1.64. The third kappa shape index (κ3) is 4.25. The Balaban J connectivity index is 2.25. The van der Waals surface area contributed by atoms with Gasteiger partial charge in [-0.2, -0.15) is 0 Å². The van der Waals surface area contributed by atoms with E-state index in [4.69, 9.17) is 23.7 Å². The molecule has 1 aliphatic rings. The number of likely N-dealkylation sites (N-methyl/N-ethyl adjacent to an activating group) is 1. The molecule has 7 heteroatoms. The third-order valence-corrected chi connectivity index (χ3v) is 6.29. The standard InChI is InChI=1S/C24H34NO6/c1-25(9-7-11-26)10-8-16-12-19(27-2)20(28-3)15-18(16)23(25)17-13-21(29-4)24(31-6)22(14-17)30-5/h12-15,23,26H,7-11H2,1-6H3/q+1. The van der Waals surface area contributed by atoms with Gasteiger partial charge in [-0.15, -0.1) is 0 Å². The van der Waals surface area contributed by atoms with Crippen molar-refractivity contribution in [3.8, 4) is 28.7 Å². The molecule has 0 bridgehead atoms. The lowest BCUT2D eigenvalue weighted by Crippen LogP contribution is -2.52. The van der Waals surface area contributed by atoms with Crippen LogP contribution in [-0.2, 0) is 6.42 Å². The summed E-state index contributed by atoms with van der Waals surface area (Å²) in [6.45, 7) is 1.93. The smallest absolute Gasteiger partial charge is 0.203 e. The van der Waals surface area contributed by atoms with Crippen LogP contribution in [0.4, 0.5) is 0 Å². The molecule has 2 atom stereocenters. The molecule has 1 heterocycles. The Bertz CT molecular complexity index is 890. The van der Waals surface area contributed by atoms with E-state index in [1.807, 2.05) is 12.1 Å². The summed E-state index contributed by atoms with van der Waals surface area (Å²) in [4.78, 5) is 0. The lowest BCUT2D eigenvalue weighted by molar-refractivity contribution is -0.935. The van der Waals surface area contributed by atoms with Crippen LogP contribution in [0.1, 0.15) is 29.2 Å². The number of quaternary nitrogens is 1. The van der Waals surface area contributed by atoms with Gasteiger partial charge in [0.15, 0.2) is 23.0 Å². The summed E-state index contributed by atoms with van der Waals surface area (Å²) in [5, 5.41) is 9.54. The Labute approximate surface area is 184 Å². The summed E-state index contributed by atoms with van der Waals surface area (Å²) in [6, 6.07) is 8.20. The van der Waals surface area contributed by atoms with E-state index in [1.54, 1.807) is 35.5 Å². The molecule has 2 aromatic carbocycles. The summed E-state index contributed by atoms with van der Waals surface area (Å²) in [5.41, 5.74) is 3.47. The average molecular weight is 433 g/mol. The molecular weight excluding hydrogens is 398 g/mol. The fourth-order valence-electron chi connectivity index (χ4n) is 4.72. The quantitative estimate of drug-likeness (QED) is 0.614. The van der Waals surface area contributed by atoms with Gasteiger partial charge in [-0.3, -0.25) is 0 Å². The first kappa shape index (κ1) is 23.0. The van der Waals surface area contributed by atoms with Gasteiger partial charge in [-0.1, -0.05) is 0 Å². The van der Waals surface area contributed by atoms with Crippen molar-refractivity contribution >= 4 is 0 Å². The number of aliphatic hydroxyl groups is 1. The van der Waals surface area contributed by atoms with Crippen LogP contribution in [0.5, 0.6) is 28.7 Å². The molecule has 0 amide bonds. The number of fused-ring (bicyclic) bond motifs is 1. The highest BCUT2D eigenvalue weighted by Crippen LogP contribution is 2.48. The minimum Gasteiger partial charge on any atom is -0.493 e. The van der Waals surface area contributed by atoms with Crippen LogP contribution in [-0.4, -0.2) is 71.9 Å². The second-order valence-electron chi connectivity index (χ2n) is 8.02. The second kappa shape index (κ2) is 9.66. The van der Waals surface area contributed by atoms with Crippen molar-refractivity contribution in [1.29, 1.82) is 0 Å². The number of ether oxygens (including phenoxy) is 5. The van der Waals surface area contributed by atoms with Crippen LogP contribution in [0.15, 0.2) is 24.3 Å². The van der Waals surface area contributed by atoms with E-state index >= 15 is 0 Å². The maximum atomic E-state index is 9.54. The molecule has 0 aliphatic carbocycles. The van der Waals surface area contributed by atoms with E-state index in [1.165, 1.54) is 11.1 Å². The molecule has 1 aliphatic heterocycles. The molecule has 2 aromatic rings. The Kier molecular flexibility index (Phi) is 7.18. The van der Waals surface area contributed by atoms with Gasteiger partial charge in [0.25, 0.3) is 0 Å². The molecule has 0 radical (unpaired) electrons. The lowest BCUT2D eigenvalue weighted by Gasteiger charge is -2.46. The van der Waals surface area contributed by atoms with Gasteiger partial charge in [0.1, 0.15) is 6.04 Å². The van der Waals surface area contributed by atoms with Gasteiger partial charge in [-0.05, 0) is 29.8 Å². The van der Waals surface area contributed by atoms with Crippen molar-refractivity contribution < 1.29 is 33.3 Å². The summed E-state index contributed by atoms with van der Waals surface area (Å²) in [5.74, 6) is 3.25. The van der Waals surface area contributed by atoms with Crippen molar-refractivity contribution in [2.75, 3.05) is 62.3 Å². The van der Waals surface area contributed by atoms with Gasteiger partial charge in [-0.25, -0.2) is 0 Å². The highest BCUT2D eigenvalue weighted by Gasteiger charge is 2.41. The monoisotopic (exact) mass is 432 g/mol. The Morgan fingerprint density at radius 2 is 1.42 bits per heavy atom. The second-order valence-corrected chi connectivity index (χ2v) is 8.02. The van der Waals surface area contributed by atoms with Gasteiger partial charge >= 0.3 is 0 Å². The molecule has 31 heavy (non-hydrogen) atoms. The van der Waals surface area contributed by atoms with E-state index in [2.05, 4.69) is 19.2 Å². The van der Waals surface area contributed by atoms with Crippen molar-refractivity contribution in [2.24, 2.45) is 0 Å². The summed E-state index contributed by atoms with van der Waals surface area (Å²) >= 11 is 0. The van der Waals surface area contributed by atoms with E-state index in [9.17, 15) is 5.11 Å². The van der Waals surface area contributed by atoms with Crippen LogP contribution in [0.2, 0.25) is 0 Å². The zero-order chi connectivity index (χ0) is 22.6. The van der Waals surface area contributed by atoms with E-state index in [0.29, 0.717) is 23.0 Å². The molecule has 0 spiro atoms. The molecule has 0 aromatic heterocycles. The zero-order valence-corrected chi connectivity index (χ0v) is 19.4. The predicted octanol–water partition coefficient (Wildman–Crippen LogP) is 3.20. The van der Waals surface area contributed by atoms with Crippen LogP contribution >= 0.6 is 0 Å². The Morgan fingerprint density at radius 1 is 0.839 bits per heavy atom. The van der Waals surface area contributed by atoms with Crippen LogP contribution < -0.4 is 23.7 Å². The number of rotatable bonds is 9. The van der Waals surface area contributed by atoms with Gasteiger partial charge in [0.05, 0.1) is 55.7 Å². The first-order valence-corrected chi connectivity index (χ1v) is 10.5. The minimum absolute atomic E-state index is 0.00353. The fraction of sp³-hybridized carbons (Fsp3) is 0.500. The molecule has 1 N–H and O–H groups in total. The summed E-state index contributed by atoms with van der Waals surface area (Å²) < 4.78 is 28.7. The van der Waals surface area contributed by atoms with Gasteiger partial charge in [0, 0.05) is 30.6 Å². The maximum absolute atomic E-state index is 9.54. The zero-order valence-electron chi connectivity index (χ0n) is 19.4. The molecule has 170 valence electrons. The van der Waals surface area contributed by atoms with Gasteiger partial charge in [0.2, 0.25) is 5.75 Å². The number of aliphatic hydroxyl groups excluding tert-OH is 1. The minimum atomic E-state index is 0.00353. The van der Waals surface area contributed by atoms with E-state index < -0.39 is 0 Å². The number of hydrogen-bond acceptors (Lipinski definition) is 6. The molecule has 0 saturated heterocycles. The molecule has 3 rings (SSSR count). The fourth-order valence-corrected chi connectivity index (χ4v) is 4.72. The van der Waals surface area contributed by atoms with E-state index in [-0.39, 0.29) is 12.6 Å². The Hall–Kier alpha value is -2.64. The predicted molar refractivity (Wildman–Crippen MR) is 119 cm³/mol. The highest BCUT2D eigenvalue weighted by atomic mass is 16.5. The highest BCUT2D eigenvalue weighted by molar-refractivity contribution is 5.57. The topological polar surface area (TPSA) is 66.4 Å². The first-order valence-electron chi connectivity index (χ1n) is 10.5. The largest absolute Gasteiger partial charge is 0.493 e. The van der Waals surface area contributed by atoms with E-state index in [0.717, 1.165) is 41.7 Å². The number of methoxy groups -OCH3 is 5. The van der Waals surface area contributed by atoms with Crippen LogP contribution in [0.3, 0.4) is 0 Å². The molecule has 2 unspecified atom stereocenters. The molecular formula is C24H34NO6+. The first-order chi connectivity index (χ1) is 15.0. The Morgan fingerprint density at radius 3 is 1.94 bits per heavy atom. The average Bonchev–Trinajstić information content (AvgIpc) is 2.80. The number of hydrogen-bond donors (Lipinski definition) is 1. The molecule has 7 nitrogen and oxygen atoms in total. The normalized spacial score (nSPS) is 20.0. The SMILES string of the molecule is COc1cc2c(cc1OC)C(c1cc(OC)c(OC)c(OC)c1)[N+](C)(CCCO)CC2. The van der Waals surface area contributed by atoms with Gasteiger partial charge < -0.3 is 33.3 Å². The maximum Gasteiger partial charge on any atom is 0.203 e. The van der Waals surface area contributed by atoms with Crippen molar-refractivity contribution in [2.45, 2.75) is 18.9 Å². The third-order valence-electron chi connectivity index (χ3n) is 6.29. The van der Waals surface area contributed by atoms with Crippen molar-refractivity contribution in [3.05, 3.63) is 41.0 Å². The van der Waals surface area contributed by atoms with Crippen LogP contribution in [0, 0.1) is 0 Å². The lowest BCUT2D eigenvalue weighted by atomic mass is 9.85. The summed E-state index contributed by atoms with van der Waals surface area (Å²) in [7, 11) is 10.4. The molecule has 0 saturated carbocycles. The molecule has 0 fully saturated rings. The number of benzene rings is 2.